The minimum Gasteiger partial charge on any atom is -0.497 e. The summed E-state index contributed by atoms with van der Waals surface area (Å²) in [5.41, 5.74) is 4.20. The molecule has 3 aromatic carbocycles. The third-order valence-corrected chi connectivity index (χ3v) is 9.94. The molecule has 2 atom stereocenters. The Morgan fingerprint density at radius 2 is 1.58 bits per heavy atom. The SMILES string of the molecule is COc1cc(CN(C(=O)C2=C(c3ccc(CCCOc4c(F)ccc(F)c4F)cc3)CC3CN(C(=O)CCCC(=O)O)CC2N3)C2CC2)cc(OC)c1. The number of nitrogens with one attached hydrogen (secondary N) is 1. The molecule has 0 spiro atoms. The van der Waals surface area contributed by atoms with Crippen molar-refractivity contribution in [2.75, 3.05) is 33.9 Å². The topological polar surface area (TPSA) is 118 Å². The Labute approximate surface area is 306 Å². The molecule has 1 saturated heterocycles. The van der Waals surface area contributed by atoms with Crippen molar-refractivity contribution in [3.63, 3.8) is 0 Å². The maximum atomic E-state index is 14.8. The van der Waals surface area contributed by atoms with E-state index < -0.39 is 35.2 Å². The van der Waals surface area contributed by atoms with Crippen molar-refractivity contribution in [1.29, 1.82) is 0 Å². The van der Waals surface area contributed by atoms with E-state index in [-0.39, 0.29) is 56.3 Å². The number of hydrogen-bond acceptors (Lipinski definition) is 7. The summed E-state index contributed by atoms with van der Waals surface area (Å²) in [5, 5.41) is 12.7. The average Bonchev–Trinajstić information content (AvgIpc) is 4.00. The van der Waals surface area contributed by atoms with Crippen molar-refractivity contribution >= 4 is 23.4 Å². The van der Waals surface area contributed by atoms with Crippen LogP contribution in [-0.4, -0.2) is 84.7 Å². The molecular formula is C40H44F3N3O7. The van der Waals surface area contributed by atoms with Gasteiger partial charge in [0.2, 0.25) is 11.7 Å². The van der Waals surface area contributed by atoms with E-state index in [4.69, 9.17) is 19.3 Å². The number of fused-ring (bicyclic) bond motifs is 2. The number of aryl methyl sites for hydroxylation is 1. The van der Waals surface area contributed by atoms with E-state index in [0.717, 1.165) is 41.2 Å². The van der Waals surface area contributed by atoms with Crippen LogP contribution in [0.1, 0.15) is 61.6 Å². The van der Waals surface area contributed by atoms with E-state index in [1.54, 1.807) is 25.2 Å². The Bertz CT molecular complexity index is 1840. The number of carbonyl (C=O) groups excluding carboxylic acids is 2. The standard InChI is InChI=1S/C40H44F3N3O7/c1-51-29-17-25(18-30(20-29)52-2)21-46(28-12-13-28)40(50)37-31(19-27-22-45(23-34(37)44-27)35(47)6-3-7-36(48)49)26-10-8-24(9-11-26)5-4-16-53-39-33(42)15-14-32(41)38(39)43/h8-11,14-15,17-18,20,27-28,34,44H,3-7,12-13,16,19,21-23H2,1-2H3,(H,48,49). The second-order valence-electron chi connectivity index (χ2n) is 13.8. The Hall–Kier alpha value is -5.04. The number of rotatable bonds is 16. The molecule has 2 heterocycles. The number of halogens is 3. The summed E-state index contributed by atoms with van der Waals surface area (Å²) in [6.45, 7) is 1.04. The number of carboxylic acids is 1. The molecule has 3 aliphatic rings. The summed E-state index contributed by atoms with van der Waals surface area (Å²) in [4.78, 5) is 42.8. The van der Waals surface area contributed by atoms with Gasteiger partial charge in [0.05, 0.1) is 26.9 Å². The number of amides is 2. The largest absolute Gasteiger partial charge is 0.497 e. The first-order valence-electron chi connectivity index (χ1n) is 17.9. The summed E-state index contributed by atoms with van der Waals surface area (Å²) in [6, 6.07) is 14.4. The van der Waals surface area contributed by atoms with Crippen LogP contribution in [-0.2, 0) is 27.3 Å². The van der Waals surface area contributed by atoms with E-state index in [1.807, 2.05) is 41.3 Å². The molecule has 10 nitrogen and oxygen atoms in total. The van der Waals surface area contributed by atoms with Gasteiger partial charge in [-0.1, -0.05) is 24.3 Å². The maximum absolute atomic E-state index is 14.8. The van der Waals surface area contributed by atoms with Gasteiger partial charge in [-0.05, 0) is 85.1 Å². The van der Waals surface area contributed by atoms with E-state index in [2.05, 4.69) is 5.32 Å². The third-order valence-electron chi connectivity index (χ3n) is 9.94. The van der Waals surface area contributed by atoms with Crippen LogP contribution >= 0.6 is 0 Å². The van der Waals surface area contributed by atoms with Crippen LogP contribution in [0.3, 0.4) is 0 Å². The molecular weight excluding hydrogens is 691 g/mol. The number of nitrogens with zero attached hydrogens (tertiary/aromatic N) is 2. The monoisotopic (exact) mass is 735 g/mol. The van der Waals surface area contributed by atoms with Gasteiger partial charge in [-0.3, -0.25) is 14.4 Å². The summed E-state index contributed by atoms with van der Waals surface area (Å²) in [5.74, 6) is -4.17. The van der Waals surface area contributed by atoms with Crippen LogP contribution in [0.15, 0.2) is 60.2 Å². The highest BCUT2D eigenvalue weighted by atomic mass is 19.2. The first-order valence-corrected chi connectivity index (χ1v) is 17.9. The fourth-order valence-electron chi connectivity index (χ4n) is 7.15. The number of aliphatic carboxylic acids is 1. The van der Waals surface area contributed by atoms with Gasteiger partial charge in [-0.15, -0.1) is 0 Å². The molecule has 3 aromatic rings. The van der Waals surface area contributed by atoms with Gasteiger partial charge in [0.1, 0.15) is 11.5 Å². The van der Waals surface area contributed by atoms with Crippen molar-refractivity contribution in [3.8, 4) is 17.2 Å². The van der Waals surface area contributed by atoms with Crippen LogP contribution < -0.4 is 19.5 Å². The van der Waals surface area contributed by atoms with E-state index in [9.17, 15) is 27.6 Å². The summed E-state index contributed by atoms with van der Waals surface area (Å²) in [6.07, 6.45) is 3.50. The number of carboxylic acid groups (broad SMARTS) is 1. The smallest absolute Gasteiger partial charge is 0.303 e. The highest BCUT2D eigenvalue weighted by molar-refractivity contribution is 6.03. The van der Waals surface area contributed by atoms with Crippen molar-refractivity contribution in [1.82, 2.24) is 15.1 Å². The van der Waals surface area contributed by atoms with Gasteiger partial charge in [-0.2, -0.15) is 4.39 Å². The van der Waals surface area contributed by atoms with Crippen LogP contribution in [0, 0.1) is 17.5 Å². The molecule has 2 bridgehead atoms. The molecule has 2 aliphatic heterocycles. The average molecular weight is 736 g/mol. The molecule has 0 radical (unpaired) electrons. The summed E-state index contributed by atoms with van der Waals surface area (Å²) in [7, 11) is 3.16. The lowest BCUT2D eigenvalue weighted by Crippen LogP contribution is -2.62. The van der Waals surface area contributed by atoms with E-state index in [0.29, 0.717) is 55.5 Å². The lowest BCUT2D eigenvalue weighted by Gasteiger charge is -2.45. The zero-order valence-electron chi connectivity index (χ0n) is 29.8. The van der Waals surface area contributed by atoms with Crippen molar-refractivity contribution < 1.29 is 46.9 Å². The lowest BCUT2D eigenvalue weighted by molar-refractivity contribution is -0.138. The normalized spacial score (nSPS) is 18.1. The van der Waals surface area contributed by atoms with Crippen molar-refractivity contribution in [2.45, 2.75) is 76.0 Å². The zero-order valence-corrected chi connectivity index (χ0v) is 29.8. The molecule has 13 heteroatoms. The van der Waals surface area contributed by atoms with Gasteiger partial charge in [0, 0.05) is 56.2 Å². The number of carbonyl (C=O) groups is 3. The van der Waals surface area contributed by atoms with Crippen LogP contribution in [0.5, 0.6) is 17.2 Å². The number of ether oxygens (including phenoxy) is 3. The lowest BCUT2D eigenvalue weighted by atomic mass is 9.82. The Morgan fingerprint density at radius 3 is 2.25 bits per heavy atom. The first-order chi connectivity index (χ1) is 25.5. The molecule has 1 aliphatic carbocycles. The van der Waals surface area contributed by atoms with Gasteiger partial charge in [0.15, 0.2) is 17.4 Å². The fourth-order valence-corrected chi connectivity index (χ4v) is 7.15. The minimum atomic E-state index is -1.35. The quantitative estimate of drug-likeness (QED) is 0.138. The Morgan fingerprint density at radius 1 is 0.887 bits per heavy atom. The highest BCUT2D eigenvalue weighted by Crippen LogP contribution is 2.38. The number of piperazine rings is 1. The predicted molar refractivity (Wildman–Crippen MR) is 190 cm³/mol. The van der Waals surface area contributed by atoms with E-state index in [1.165, 1.54) is 0 Å². The van der Waals surface area contributed by atoms with Gasteiger partial charge < -0.3 is 34.4 Å². The Balaban J connectivity index is 1.24. The third kappa shape index (κ3) is 9.13. The second-order valence-corrected chi connectivity index (χ2v) is 13.8. The van der Waals surface area contributed by atoms with E-state index >= 15 is 0 Å². The molecule has 53 heavy (non-hydrogen) atoms. The highest BCUT2D eigenvalue weighted by Gasteiger charge is 2.43. The summed E-state index contributed by atoms with van der Waals surface area (Å²) >= 11 is 0. The molecule has 0 aromatic heterocycles. The maximum Gasteiger partial charge on any atom is 0.303 e. The molecule has 2 N–H and O–H groups in total. The number of benzene rings is 3. The van der Waals surface area contributed by atoms with Gasteiger partial charge in [-0.25, -0.2) is 8.78 Å². The fraction of sp³-hybridized carbons (Fsp3) is 0.425. The predicted octanol–water partition coefficient (Wildman–Crippen LogP) is 5.91. The number of hydrogen-bond donors (Lipinski definition) is 2. The molecule has 282 valence electrons. The summed E-state index contributed by atoms with van der Waals surface area (Å²) < 4.78 is 57.7. The molecule has 2 amide bonds. The van der Waals surface area contributed by atoms with Crippen LogP contribution in [0.2, 0.25) is 0 Å². The van der Waals surface area contributed by atoms with Crippen LogP contribution in [0.25, 0.3) is 5.57 Å². The number of methoxy groups -OCH3 is 2. The van der Waals surface area contributed by atoms with Gasteiger partial charge >= 0.3 is 5.97 Å². The Kier molecular flexibility index (Phi) is 11.9. The minimum absolute atomic E-state index is 0.0143. The molecule has 6 rings (SSSR count). The molecule has 1 saturated carbocycles. The molecule has 2 unspecified atom stereocenters. The van der Waals surface area contributed by atoms with Crippen molar-refractivity contribution in [3.05, 3.63) is 94.3 Å². The second kappa shape index (κ2) is 16.7. The first kappa shape index (κ1) is 37.7. The van der Waals surface area contributed by atoms with Crippen molar-refractivity contribution in [2.24, 2.45) is 0 Å². The zero-order chi connectivity index (χ0) is 37.6. The molecule has 2 fully saturated rings. The van der Waals surface area contributed by atoms with Crippen LogP contribution in [0.4, 0.5) is 13.2 Å². The van der Waals surface area contributed by atoms with Gasteiger partial charge in [0.25, 0.3) is 5.91 Å².